The second-order valence-corrected chi connectivity index (χ2v) is 11.0. The first-order valence-electron chi connectivity index (χ1n) is 11.5. The summed E-state index contributed by atoms with van der Waals surface area (Å²) in [6.45, 7) is 13.0. The van der Waals surface area contributed by atoms with E-state index in [1.54, 1.807) is 23.2 Å². The first-order valence-corrected chi connectivity index (χ1v) is 13.0. The lowest BCUT2D eigenvalue weighted by Gasteiger charge is -2.35. The predicted molar refractivity (Wildman–Crippen MR) is 133 cm³/mol. The topological polar surface area (TPSA) is 75.5 Å². The van der Waals surface area contributed by atoms with Crippen molar-refractivity contribution in [1.82, 2.24) is 19.0 Å². The summed E-state index contributed by atoms with van der Waals surface area (Å²) in [5, 5.41) is 4.29. The Morgan fingerprint density at radius 1 is 0.765 bits per heavy atom. The van der Waals surface area contributed by atoms with Crippen LogP contribution in [0.1, 0.15) is 43.9 Å². The number of rotatable bonds is 4. The second kappa shape index (κ2) is 9.00. The van der Waals surface area contributed by atoms with Crippen LogP contribution in [0.2, 0.25) is 0 Å². The molecule has 34 heavy (non-hydrogen) atoms. The molecule has 0 spiro atoms. The lowest BCUT2D eigenvalue weighted by molar-refractivity contribution is 0.0698. The molecule has 7 nitrogen and oxygen atoms in total. The minimum atomic E-state index is -3.65. The Kier molecular flexibility index (Phi) is 6.40. The summed E-state index contributed by atoms with van der Waals surface area (Å²) in [7, 11) is -3.65. The highest BCUT2D eigenvalue weighted by Gasteiger charge is 2.33. The quantitative estimate of drug-likeness (QED) is 0.568. The Labute approximate surface area is 202 Å². The summed E-state index contributed by atoms with van der Waals surface area (Å²) < 4.78 is 30.5. The zero-order valence-corrected chi connectivity index (χ0v) is 21.5. The van der Waals surface area contributed by atoms with Crippen molar-refractivity contribution in [3.05, 3.63) is 75.6 Å². The molecular weight excluding hydrogens is 448 g/mol. The van der Waals surface area contributed by atoms with Crippen molar-refractivity contribution in [3.63, 3.8) is 0 Å². The van der Waals surface area contributed by atoms with Crippen molar-refractivity contribution in [1.29, 1.82) is 0 Å². The van der Waals surface area contributed by atoms with Crippen LogP contribution < -0.4 is 0 Å². The molecule has 8 heteroatoms. The summed E-state index contributed by atoms with van der Waals surface area (Å²) in [5.74, 6) is -0.0878. The Balaban J connectivity index is 1.49. The van der Waals surface area contributed by atoms with Crippen molar-refractivity contribution in [2.24, 2.45) is 0 Å². The highest BCUT2D eigenvalue weighted by atomic mass is 32.2. The maximum Gasteiger partial charge on any atom is 0.253 e. The molecule has 1 aliphatic rings. The van der Waals surface area contributed by atoms with E-state index in [0.717, 1.165) is 39.2 Å². The van der Waals surface area contributed by atoms with Crippen molar-refractivity contribution in [3.8, 4) is 5.69 Å². The third-order valence-electron chi connectivity index (χ3n) is 7.25. The molecule has 0 bridgehead atoms. The van der Waals surface area contributed by atoms with Crippen LogP contribution in [0.3, 0.4) is 0 Å². The van der Waals surface area contributed by atoms with Crippen molar-refractivity contribution >= 4 is 15.9 Å². The van der Waals surface area contributed by atoms with Gasteiger partial charge in [-0.05, 0) is 99.7 Å². The van der Waals surface area contributed by atoms with E-state index >= 15 is 0 Å². The fourth-order valence-corrected chi connectivity index (χ4v) is 6.66. The SMILES string of the molecule is Cc1c(C)c(C)c(S(=O)(=O)N2CCN(C(=O)c3ccc(-n4nccc4C)cc3)CC2)c(C)c1C. The Morgan fingerprint density at radius 3 is 1.79 bits per heavy atom. The number of nitrogens with zero attached hydrogens (tertiary/aromatic N) is 4. The number of hydrogen-bond donors (Lipinski definition) is 0. The number of hydrogen-bond acceptors (Lipinski definition) is 4. The van der Waals surface area contributed by atoms with Gasteiger partial charge in [-0.15, -0.1) is 0 Å². The van der Waals surface area contributed by atoms with Crippen LogP contribution in [-0.4, -0.2) is 59.5 Å². The molecule has 0 aliphatic carbocycles. The molecule has 1 saturated heterocycles. The Morgan fingerprint density at radius 2 is 1.29 bits per heavy atom. The van der Waals surface area contributed by atoms with Crippen molar-refractivity contribution in [2.45, 2.75) is 46.4 Å². The zero-order valence-electron chi connectivity index (χ0n) is 20.7. The van der Waals surface area contributed by atoms with Gasteiger partial charge in [0.05, 0.1) is 10.6 Å². The summed E-state index contributed by atoms with van der Waals surface area (Å²) in [6.07, 6.45) is 1.74. The molecule has 0 N–H and O–H groups in total. The van der Waals surface area contributed by atoms with Gasteiger partial charge < -0.3 is 4.90 Å². The number of benzene rings is 2. The first kappa shape index (κ1) is 24.2. The van der Waals surface area contributed by atoms with E-state index < -0.39 is 10.0 Å². The molecule has 4 rings (SSSR count). The predicted octanol–water partition coefficient (Wildman–Crippen LogP) is 3.87. The molecule has 0 radical (unpaired) electrons. The van der Waals surface area contributed by atoms with Crippen LogP contribution in [-0.2, 0) is 10.0 Å². The van der Waals surface area contributed by atoms with Crippen LogP contribution >= 0.6 is 0 Å². The number of carbonyl (C=O) groups excluding carboxylic acids is 1. The van der Waals surface area contributed by atoms with E-state index in [1.807, 2.05) is 64.4 Å². The molecule has 1 fully saturated rings. The van der Waals surface area contributed by atoms with Gasteiger partial charge in [0.2, 0.25) is 10.0 Å². The Bertz CT molecular complexity index is 1320. The van der Waals surface area contributed by atoms with E-state index in [4.69, 9.17) is 0 Å². The normalized spacial score (nSPS) is 15.1. The second-order valence-electron chi connectivity index (χ2n) is 9.08. The van der Waals surface area contributed by atoms with E-state index in [9.17, 15) is 13.2 Å². The maximum absolute atomic E-state index is 13.6. The van der Waals surface area contributed by atoms with Crippen LogP contribution in [0, 0.1) is 41.5 Å². The highest BCUT2D eigenvalue weighted by Crippen LogP contribution is 2.32. The largest absolute Gasteiger partial charge is 0.336 e. The Hall–Kier alpha value is -2.97. The van der Waals surface area contributed by atoms with Gasteiger partial charge in [0.15, 0.2) is 0 Å². The zero-order chi connectivity index (χ0) is 24.8. The molecule has 180 valence electrons. The first-order chi connectivity index (χ1) is 16.0. The molecule has 0 unspecified atom stereocenters. The molecular formula is C26H32N4O3S. The van der Waals surface area contributed by atoms with Gasteiger partial charge in [0.25, 0.3) is 5.91 Å². The highest BCUT2D eigenvalue weighted by molar-refractivity contribution is 7.89. The van der Waals surface area contributed by atoms with Crippen LogP contribution in [0.25, 0.3) is 5.69 Å². The van der Waals surface area contributed by atoms with Gasteiger partial charge in [-0.3, -0.25) is 4.79 Å². The third-order valence-corrected chi connectivity index (χ3v) is 9.42. The van der Waals surface area contributed by atoms with Crippen LogP contribution in [0.4, 0.5) is 0 Å². The van der Waals surface area contributed by atoms with Gasteiger partial charge in [0, 0.05) is 43.6 Å². The standard InChI is InChI=1S/C26H32N4O3S/c1-17-11-12-27-30(17)24-9-7-23(8-10-24)26(31)28-13-15-29(16-14-28)34(32,33)25-21(5)19(3)18(2)20(4)22(25)6/h7-12H,13-16H2,1-6H3. The lowest BCUT2D eigenvalue weighted by Crippen LogP contribution is -2.50. The number of aryl methyl sites for hydroxylation is 1. The smallest absolute Gasteiger partial charge is 0.253 e. The molecule has 2 aromatic carbocycles. The van der Waals surface area contributed by atoms with E-state index in [-0.39, 0.29) is 19.0 Å². The number of carbonyl (C=O) groups is 1. The van der Waals surface area contributed by atoms with Crippen molar-refractivity contribution in [2.75, 3.05) is 26.2 Å². The molecule has 2 heterocycles. The van der Waals surface area contributed by atoms with Gasteiger partial charge in [-0.1, -0.05) is 0 Å². The fraction of sp³-hybridized carbons (Fsp3) is 0.385. The summed E-state index contributed by atoms with van der Waals surface area (Å²) >= 11 is 0. The molecule has 0 saturated carbocycles. The van der Waals surface area contributed by atoms with E-state index in [1.165, 1.54) is 4.31 Å². The average molecular weight is 481 g/mol. The van der Waals surface area contributed by atoms with Gasteiger partial charge in [-0.2, -0.15) is 9.40 Å². The monoisotopic (exact) mass is 480 g/mol. The summed E-state index contributed by atoms with van der Waals surface area (Å²) in [5.41, 5.74) is 7.29. The lowest BCUT2D eigenvalue weighted by atomic mass is 9.95. The summed E-state index contributed by atoms with van der Waals surface area (Å²) in [4.78, 5) is 15.2. The number of sulfonamides is 1. The van der Waals surface area contributed by atoms with E-state index in [2.05, 4.69) is 5.10 Å². The van der Waals surface area contributed by atoms with Gasteiger partial charge in [0.1, 0.15) is 0 Å². The van der Waals surface area contributed by atoms with Crippen molar-refractivity contribution < 1.29 is 13.2 Å². The van der Waals surface area contributed by atoms with Gasteiger partial charge >= 0.3 is 0 Å². The number of amides is 1. The minimum absolute atomic E-state index is 0.0878. The fourth-order valence-electron chi connectivity index (χ4n) is 4.68. The number of piperazine rings is 1. The molecule has 1 aromatic heterocycles. The van der Waals surface area contributed by atoms with Crippen LogP contribution in [0.5, 0.6) is 0 Å². The molecule has 1 aliphatic heterocycles. The maximum atomic E-state index is 13.6. The summed E-state index contributed by atoms with van der Waals surface area (Å²) in [6, 6.07) is 9.27. The number of aromatic nitrogens is 2. The minimum Gasteiger partial charge on any atom is -0.336 e. The average Bonchev–Trinajstić information content (AvgIpc) is 3.27. The van der Waals surface area contributed by atoms with E-state index in [0.29, 0.717) is 23.5 Å². The third kappa shape index (κ3) is 4.05. The molecule has 0 atom stereocenters. The van der Waals surface area contributed by atoms with Crippen LogP contribution in [0.15, 0.2) is 41.4 Å². The van der Waals surface area contributed by atoms with Gasteiger partial charge in [-0.25, -0.2) is 13.1 Å². The molecule has 3 aromatic rings. The molecule has 1 amide bonds.